The molecule has 7 heteroatoms. The maximum absolute atomic E-state index is 13.0. The Balaban J connectivity index is 2.12. The summed E-state index contributed by atoms with van der Waals surface area (Å²) in [6, 6.07) is 4.09. The van der Waals surface area contributed by atoms with Crippen LogP contribution >= 0.6 is 11.8 Å². The summed E-state index contributed by atoms with van der Waals surface area (Å²) in [5.41, 5.74) is 0.304. The molecule has 0 saturated carbocycles. The number of nitrogens with one attached hydrogen (secondary N) is 1. The van der Waals surface area contributed by atoms with Crippen molar-refractivity contribution in [1.82, 2.24) is 4.90 Å². The normalized spacial score (nSPS) is 22.3. The van der Waals surface area contributed by atoms with E-state index in [1.54, 1.807) is 13.0 Å². The highest BCUT2D eigenvalue weighted by Gasteiger charge is 2.39. The van der Waals surface area contributed by atoms with Gasteiger partial charge in [0.05, 0.1) is 5.37 Å². The van der Waals surface area contributed by atoms with Gasteiger partial charge in [-0.3, -0.25) is 4.90 Å². The molecule has 1 aliphatic heterocycles. The third-order valence-electron chi connectivity index (χ3n) is 2.82. The highest BCUT2D eigenvalue weighted by molar-refractivity contribution is 8.00. The van der Waals surface area contributed by atoms with E-state index < -0.39 is 23.9 Å². The Morgan fingerprint density at radius 1 is 1.53 bits per heavy atom. The zero-order valence-electron chi connectivity index (χ0n) is 10.2. The molecule has 1 aromatic rings. The lowest BCUT2D eigenvalue weighted by atomic mass is 10.3. The largest absolute Gasteiger partial charge is 0.480 e. The number of carbonyl (C=O) groups excluding carboxylic acids is 1. The molecule has 0 aliphatic carbocycles. The SMILES string of the molecule is CC1SCC(C(=O)O)N1C(=O)Nc1cccc(F)c1. The van der Waals surface area contributed by atoms with E-state index in [0.717, 1.165) is 0 Å². The number of carbonyl (C=O) groups is 2. The summed E-state index contributed by atoms with van der Waals surface area (Å²) in [5, 5.41) is 11.3. The molecule has 1 fully saturated rings. The van der Waals surface area contributed by atoms with Crippen LogP contribution in [0.5, 0.6) is 0 Å². The van der Waals surface area contributed by atoms with E-state index in [1.165, 1.54) is 34.9 Å². The number of hydrogen-bond donors (Lipinski definition) is 2. The first-order valence-electron chi connectivity index (χ1n) is 5.68. The van der Waals surface area contributed by atoms with Gasteiger partial charge in [-0.2, -0.15) is 0 Å². The Hall–Kier alpha value is -1.76. The van der Waals surface area contributed by atoms with Gasteiger partial charge < -0.3 is 10.4 Å². The smallest absolute Gasteiger partial charge is 0.327 e. The number of benzene rings is 1. The second-order valence-corrected chi connectivity index (χ2v) is 5.48. The van der Waals surface area contributed by atoms with E-state index in [0.29, 0.717) is 11.4 Å². The van der Waals surface area contributed by atoms with E-state index in [4.69, 9.17) is 5.11 Å². The predicted octanol–water partition coefficient (Wildman–Crippen LogP) is 2.21. The van der Waals surface area contributed by atoms with Crippen molar-refractivity contribution >= 4 is 29.4 Å². The molecule has 0 bridgehead atoms. The third-order valence-corrected chi connectivity index (χ3v) is 4.04. The molecular weight excluding hydrogens is 271 g/mol. The van der Waals surface area contributed by atoms with Crippen LogP contribution in [0.3, 0.4) is 0 Å². The van der Waals surface area contributed by atoms with Crippen molar-refractivity contribution in [3.8, 4) is 0 Å². The van der Waals surface area contributed by atoms with Gasteiger partial charge in [0, 0.05) is 11.4 Å². The molecular formula is C12H13FN2O3S. The van der Waals surface area contributed by atoms with Gasteiger partial charge in [-0.15, -0.1) is 11.8 Å². The minimum Gasteiger partial charge on any atom is -0.480 e. The summed E-state index contributed by atoms with van der Waals surface area (Å²) in [4.78, 5) is 24.4. The van der Waals surface area contributed by atoms with Crippen LogP contribution in [0.4, 0.5) is 14.9 Å². The van der Waals surface area contributed by atoms with Crippen molar-refractivity contribution in [3.63, 3.8) is 0 Å². The van der Waals surface area contributed by atoms with Gasteiger partial charge in [-0.25, -0.2) is 14.0 Å². The van der Waals surface area contributed by atoms with Crippen LogP contribution in [-0.2, 0) is 4.79 Å². The maximum atomic E-state index is 13.0. The third kappa shape index (κ3) is 2.98. The Morgan fingerprint density at radius 3 is 2.89 bits per heavy atom. The summed E-state index contributed by atoms with van der Waals surface area (Å²) in [6.45, 7) is 1.76. The minimum atomic E-state index is -1.04. The van der Waals surface area contributed by atoms with Crippen LogP contribution in [0, 0.1) is 5.82 Å². The molecule has 1 aromatic carbocycles. The highest BCUT2D eigenvalue weighted by atomic mass is 32.2. The van der Waals surface area contributed by atoms with Crippen molar-refractivity contribution in [2.45, 2.75) is 18.3 Å². The second kappa shape index (κ2) is 5.48. The van der Waals surface area contributed by atoms with Gasteiger partial charge in [-0.05, 0) is 25.1 Å². The van der Waals surface area contributed by atoms with Crippen LogP contribution < -0.4 is 5.32 Å². The molecule has 1 heterocycles. The number of aliphatic carboxylic acids is 1. The van der Waals surface area contributed by atoms with Crippen molar-refractivity contribution in [3.05, 3.63) is 30.1 Å². The second-order valence-electron chi connectivity index (χ2n) is 4.13. The fraction of sp³-hybridized carbons (Fsp3) is 0.333. The van der Waals surface area contributed by atoms with Crippen molar-refractivity contribution in [2.75, 3.05) is 11.1 Å². The molecule has 0 spiro atoms. The van der Waals surface area contributed by atoms with Crippen molar-refractivity contribution in [2.24, 2.45) is 0 Å². The van der Waals surface area contributed by atoms with Crippen LogP contribution in [-0.4, -0.2) is 39.2 Å². The molecule has 2 unspecified atom stereocenters. The van der Waals surface area contributed by atoms with Gasteiger partial charge in [0.2, 0.25) is 0 Å². The lowest BCUT2D eigenvalue weighted by molar-refractivity contribution is -0.141. The van der Waals surface area contributed by atoms with Crippen molar-refractivity contribution in [1.29, 1.82) is 0 Å². The molecule has 2 rings (SSSR count). The van der Waals surface area contributed by atoms with Crippen LogP contribution in [0.25, 0.3) is 0 Å². The van der Waals surface area contributed by atoms with E-state index >= 15 is 0 Å². The monoisotopic (exact) mass is 284 g/mol. The highest BCUT2D eigenvalue weighted by Crippen LogP contribution is 2.29. The molecule has 2 atom stereocenters. The van der Waals surface area contributed by atoms with Crippen LogP contribution in [0.1, 0.15) is 6.92 Å². The lowest BCUT2D eigenvalue weighted by Crippen LogP contribution is -2.46. The average Bonchev–Trinajstić information content (AvgIpc) is 2.71. The maximum Gasteiger partial charge on any atom is 0.327 e. The first-order valence-corrected chi connectivity index (χ1v) is 6.73. The van der Waals surface area contributed by atoms with Gasteiger partial charge in [0.15, 0.2) is 0 Å². The predicted molar refractivity (Wildman–Crippen MR) is 70.6 cm³/mol. The van der Waals surface area contributed by atoms with Crippen molar-refractivity contribution < 1.29 is 19.1 Å². The van der Waals surface area contributed by atoms with Gasteiger partial charge >= 0.3 is 12.0 Å². The molecule has 0 radical (unpaired) electrons. The summed E-state index contributed by atoms with van der Waals surface area (Å²) in [5.74, 6) is -1.14. The standard InChI is InChI=1S/C12H13FN2O3S/c1-7-15(10(6-19-7)11(16)17)12(18)14-9-4-2-3-8(13)5-9/h2-5,7,10H,6H2,1H3,(H,14,18)(H,16,17). The summed E-state index contributed by atoms with van der Waals surface area (Å²) >= 11 is 1.39. The molecule has 1 aliphatic rings. The number of halogens is 1. The Kier molecular flexibility index (Phi) is 3.94. The fourth-order valence-corrected chi connectivity index (χ4v) is 3.06. The Morgan fingerprint density at radius 2 is 2.26 bits per heavy atom. The zero-order valence-corrected chi connectivity index (χ0v) is 11.0. The molecule has 0 aromatic heterocycles. The molecule has 19 heavy (non-hydrogen) atoms. The molecule has 1 saturated heterocycles. The number of nitrogens with zero attached hydrogens (tertiary/aromatic N) is 1. The van der Waals surface area contributed by atoms with E-state index in [2.05, 4.69) is 5.32 Å². The minimum absolute atomic E-state index is 0.227. The van der Waals surface area contributed by atoms with Gasteiger partial charge in [0.25, 0.3) is 0 Å². The van der Waals surface area contributed by atoms with Crippen LogP contribution in [0.2, 0.25) is 0 Å². The van der Waals surface area contributed by atoms with E-state index in [1.807, 2.05) is 0 Å². The topological polar surface area (TPSA) is 69.6 Å². The molecule has 102 valence electrons. The first-order chi connectivity index (χ1) is 8.99. The number of carboxylic acid groups (broad SMARTS) is 1. The number of urea groups is 1. The fourth-order valence-electron chi connectivity index (χ4n) is 1.90. The van der Waals surface area contributed by atoms with Gasteiger partial charge in [-0.1, -0.05) is 6.07 Å². The lowest BCUT2D eigenvalue weighted by Gasteiger charge is -2.25. The molecule has 2 N–H and O–H groups in total. The summed E-state index contributed by atoms with van der Waals surface area (Å²) in [6.07, 6.45) is 0. The summed E-state index contributed by atoms with van der Waals surface area (Å²) < 4.78 is 13.0. The molecule has 2 amide bonds. The number of thioether (sulfide) groups is 1. The number of anilines is 1. The number of hydrogen-bond acceptors (Lipinski definition) is 3. The number of rotatable bonds is 2. The van der Waals surface area contributed by atoms with Gasteiger partial charge in [0.1, 0.15) is 11.9 Å². The zero-order chi connectivity index (χ0) is 14.0. The number of carboxylic acids is 1. The van der Waals surface area contributed by atoms with E-state index in [9.17, 15) is 14.0 Å². The Bertz CT molecular complexity index is 512. The first kappa shape index (κ1) is 13.7. The summed E-state index contributed by atoms with van der Waals surface area (Å²) in [7, 11) is 0. The Labute approximate surface area is 113 Å². The van der Waals surface area contributed by atoms with E-state index in [-0.39, 0.29) is 5.37 Å². The quantitative estimate of drug-likeness (QED) is 0.873. The van der Waals surface area contributed by atoms with Crippen LogP contribution in [0.15, 0.2) is 24.3 Å². The molecule has 5 nitrogen and oxygen atoms in total. The average molecular weight is 284 g/mol. The number of amides is 2.